The fourth-order valence-corrected chi connectivity index (χ4v) is 2.09. The summed E-state index contributed by atoms with van der Waals surface area (Å²) in [7, 11) is 3.27. The molecule has 0 bridgehead atoms. The second-order valence-electron chi connectivity index (χ2n) is 4.43. The second kappa shape index (κ2) is 5.76. The van der Waals surface area contributed by atoms with Gasteiger partial charge in [0.1, 0.15) is 0 Å². The summed E-state index contributed by atoms with van der Waals surface area (Å²) in [5.41, 5.74) is 10.3. The van der Waals surface area contributed by atoms with Crippen LogP contribution in [0.25, 0.3) is 11.1 Å². The number of benzene rings is 2. The van der Waals surface area contributed by atoms with Crippen LogP contribution >= 0.6 is 0 Å². The summed E-state index contributed by atoms with van der Waals surface area (Å²) >= 11 is 0. The predicted molar refractivity (Wildman–Crippen MR) is 77.6 cm³/mol. The van der Waals surface area contributed by atoms with Crippen LogP contribution in [0.4, 0.5) is 0 Å². The Labute approximate surface area is 114 Å². The highest BCUT2D eigenvalue weighted by Gasteiger charge is 2.11. The van der Waals surface area contributed by atoms with E-state index < -0.39 is 0 Å². The third-order valence-electron chi connectivity index (χ3n) is 3.19. The first-order chi connectivity index (χ1) is 9.19. The summed E-state index contributed by atoms with van der Waals surface area (Å²) in [6.45, 7) is 2.53. The number of rotatable bonds is 4. The van der Waals surface area contributed by atoms with Gasteiger partial charge in [-0.25, -0.2) is 0 Å². The zero-order valence-electron chi connectivity index (χ0n) is 11.6. The molecule has 3 heteroatoms. The van der Waals surface area contributed by atoms with Crippen LogP contribution in [-0.4, -0.2) is 14.2 Å². The lowest BCUT2D eigenvalue weighted by atomic mass is 9.98. The largest absolute Gasteiger partial charge is 0.493 e. The smallest absolute Gasteiger partial charge is 0.161 e. The molecule has 0 unspecified atom stereocenters. The standard InChI is InChI=1S/C16H19NO2/c1-11-4-6-12(7-5-11)14-9-16(19-3)15(18-2)8-13(14)10-17/h4-9H,10,17H2,1-3H3. The van der Waals surface area contributed by atoms with Gasteiger partial charge >= 0.3 is 0 Å². The van der Waals surface area contributed by atoms with Gasteiger partial charge in [0.15, 0.2) is 11.5 Å². The summed E-state index contributed by atoms with van der Waals surface area (Å²) in [6.07, 6.45) is 0. The average Bonchev–Trinajstić information content (AvgIpc) is 2.46. The average molecular weight is 257 g/mol. The molecule has 100 valence electrons. The van der Waals surface area contributed by atoms with E-state index in [-0.39, 0.29) is 0 Å². The van der Waals surface area contributed by atoms with Crippen molar-refractivity contribution in [2.24, 2.45) is 5.73 Å². The van der Waals surface area contributed by atoms with Crippen LogP contribution in [0.5, 0.6) is 11.5 Å². The van der Waals surface area contributed by atoms with Crippen molar-refractivity contribution in [1.29, 1.82) is 0 Å². The molecule has 0 spiro atoms. The highest BCUT2D eigenvalue weighted by Crippen LogP contribution is 2.35. The molecule has 2 aromatic carbocycles. The van der Waals surface area contributed by atoms with E-state index in [9.17, 15) is 0 Å². The Morgan fingerprint density at radius 1 is 0.947 bits per heavy atom. The number of nitrogens with two attached hydrogens (primary N) is 1. The van der Waals surface area contributed by atoms with Crippen molar-refractivity contribution < 1.29 is 9.47 Å². The quantitative estimate of drug-likeness (QED) is 0.915. The van der Waals surface area contributed by atoms with E-state index in [0.29, 0.717) is 12.3 Å². The molecular formula is C16H19NO2. The van der Waals surface area contributed by atoms with E-state index in [1.807, 2.05) is 12.1 Å². The summed E-state index contributed by atoms with van der Waals surface area (Å²) in [4.78, 5) is 0. The highest BCUT2D eigenvalue weighted by molar-refractivity contribution is 5.71. The minimum absolute atomic E-state index is 0.462. The number of aryl methyl sites for hydroxylation is 1. The monoisotopic (exact) mass is 257 g/mol. The minimum atomic E-state index is 0.462. The Morgan fingerprint density at radius 2 is 1.53 bits per heavy atom. The molecule has 3 nitrogen and oxygen atoms in total. The zero-order valence-corrected chi connectivity index (χ0v) is 11.6. The molecule has 0 aliphatic carbocycles. The van der Waals surface area contributed by atoms with Crippen LogP contribution in [0.2, 0.25) is 0 Å². The lowest BCUT2D eigenvalue weighted by Crippen LogP contribution is -2.01. The molecule has 0 fully saturated rings. The van der Waals surface area contributed by atoms with Crippen molar-refractivity contribution in [2.45, 2.75) is 13.5 Å². The highest BCUT2D eigenvalue weighted by atomic mass is 16.5. The first kappa shape index (κ1) is 13.4. The van der Waals surface area contributed by atoms with E-state index >= 15 is 0 Å². The SMILES string of the molecule is COc1cc(CN)c(-c2ccc(C)cc2)cc1OC. The number of methoxy groups -OCH3 is 2. The molecule has 0 amide bonds. The van der Waals surface area contributed by atoms with Gasteiger partial charge in [0.2, 0.25) is 0 Å². The molecule has 0 aliphatic rings. The summed E-state index contributed by atoms with van der Waals surface area (Å²) in [6, 6.07) is 12.3. The lowest BCUT2D eigenvalue weighted by Gasteiger charge is -2.14. The second-order valence-corrected chi connectivity index (χ2v) is 4.43. The fourth-order valence-electron chi connectivity index (χ4n) is 2.09. The van der Waals surface area contributed by atoms with Gasteiger partial charge in [0, 0.05) is 6.54 Å². The molecule has 0 radical (unpaired) electrons. The van der Waals surface area contributed by atoms with Crippen molar-refractivity contribution in [3.63, 3.8) is 0 Å². The topological polar surface area (TPSA) is 44.5 Å². The third-order valence-corrected chi connectivity index (χ3v) is 3.19. The molecule has 0 saturated carbocycles. The van der Waals surface area contributed by atoms with E-state index in [4.69, 9.17) is 15.2 Å². The van der Waals surface area contributed by atoms with Crippen LogP contribution in [0.1, 0.15) is 11.1 Å². The van der Waals surface area contributed by atoms with Gasteiger partial charge in [-0.15, -0.1) is 0 Å². The molecule has 0 heterocycles. The lowest BCUT2D eigenvalue weighted by molar-refractivity contribution is 0.354. The normalized spacial score (nSPS) is 10.3. The maximum atomic E-state index is 5.84. The molecule has 19 heavy (non-hydrogen) atoms. The zero-order chi connectivity index (χ0) is 13.8. The van der Waals surface area contributed by atoms with Gasteiger partial charge in [-0.1, -0.05) is 29.8 Å². The fraction of sp³-hybridized carbons (Fsp3) is 0.250. The van der Waals surface area contributed by atoms with Crippen LogP contribution in [0.15, 0.2) is 36.4 Å². The molecule has 0 saturated heterocycles. The molecular weight excluding hydrogens is 238 g/mol. The van der Waals surface area contributed by atoms with Gasteiger partial charge in [0.25, 0.3) is 0 Å². The van der Waals surface area contributed by atoms with Gasteiger partial charge in [-0.05, 0) is 35.7 Å². The maximum Gasteiger partial charge on any atom is 0.161 e. The molecule has 2 N–H and O–H groups in total. The molecule has 0 aliphatic heterocycles. The number of ether oxygens (including phenoxy) is 2. The Morgan fingerprint density at radius 3 is 2.05 bits per heavy atom. The van der Waals surface area contributed by atoms with Crippen molar-refractivity contribution in [2.75, 3.05) is 14.2 Å². The van der Waals surface area contributed by atoms with Crippen LogP contribution < -0.4 is 15.2 Å². The summed E-state index contributed by atoms with van der Waals surface area (Å²) in [5.74, 6) is 1.43. The maximum absolute atomic E-state index is 5.84. The Balaban J connectivity index is 2.57. The van der Waals surface area contributed by atoms with Crippen molar-refractivity contribution in [3.05, 3.63) is 47.5 Å². The van der Waals surface area contributed by atoms with Crippen LogP contribution in [0, 0.1) is 6.92 Å². The van der Waals surface area contributed by atoms with Gasteiger partial charge < -0.3 is 15.2 Å². The number of hydrogen-bond acceptors (Lipinski definition) is 3. The Kier molecular flexibility index (Phi) is 4.07. The molecule has 0 atom stereocenters. The van der Waals surface area contributed by atoms with Gasteiger partial charge in [0.05, 0.1) is 14.2 Å². The van der Waals surface area contributed by atoms with Gasteiger partial charge in [-0.3, -0.25) is 0 Å². The van der Waals surface area contributed by atoms with Crippen molar-refractivity contribution >= 4 is 0 Å². The van der Waals surface area contributed by atoms with Crippen molar-refractivity contribution in [3.8, 4) is 22.6 Å². The van der Waals surface area contributed by atoms with Gasteiger partial charge in [-0.2, -0.15) is 0 Å². The van der Waals surface area contributed by atoms with Crippen LogP contribution in [0.3, 0.4) is 0 Å². The molecule has 2 rings (SSSR count). The van der Waals surface area contributed by atoms with E-state index in [0.717, 1.165) is 22.4 Å². The first-order valence-electron chi connectivity index (χ1n) is 6.21. The Bertz CT molecular complexity index is 562. The van der Waals surface area contributed by atoms with Crippen molar-refractivity contribution in [1.82, 2.24) is 0 Å². The number of hydrogen-bond donors (Lipinski definition) is 1. The third kappa shape index (κ3) is 2.71. The van der Waals surface area contributed by atoms with E-state index in [1.165, 1.54) is 5.56 Å². The summed E-state index contributed by atoms with van der Waals surface area (Å²) in [5, 5.41) is 0. The molecule has 2 aromatic rings. The first-order valence-corrected chi connectivity index (χ1v) is 6.21. The minimum Gasteiger partial charge on any atom is -0.493 e. The van der Waals surface area contributed by atoms with E-state index in [2.05, 4.69) is 31.2 Å². The predicted octanol–water partition coefficient (Wildman–Crippen LogP) is 3.14. The Hall–Kier alpha value is -2.00. The van der Waals surface area contributed by atoms with Crippen LogP contribution in [-0.2, 0) is 6.54 Å². The molecule has 0 aromatic heterocycles. The summed E-state index contributed by atoms with van der Waals surface area (Å²) < 4.78 is 10.7. The van der Waals surface area contributed by atoms with E-state index in [1.54, 1.807) is 14.2 Å².